The Bertz CT molecular complexity index is 1230. The van der Waals surface area contributed by atoms with Crippen molar-refractivity contribution in [2.45, 2.75) is 23.5 Å². The minimum Gasteiger partial charge on any atom is -0.459 e. The summed E-state index contributed by atoms with van der Waals surface area (Å²) in [4.78, 5) is 17.3. The Labute approximate surface area is 178 Å². The molecule has 2 aromatic carbocycles. The van der Waals surface area contributed by atoms with E-state index in [0.717, 1.165) is 28.1 Å². The zero-order chi connectivity index (χ0) is 21.0. The van der Waals surface area contributed by atoms with Crippen molar-refractivity contribution >= 4 is 37.3 Å². The minimum atomic E-state index is -3.56. The van der Waals surface area contributed by atoms with E-state index in [1.54, 1.807) is 29.5 Å². The van der Waals surface area contributed by atoms with E-state index in [1.807, 2.05) is 24.3 Å². The number of furan rings is 1. The second-order valence-corrected chi connectivity index (χ2v) is 9.89. The first-order chi connectivity index (χ1) is 14.5. The molecule has 0 atom stereocenters. The third-order valence-corrected chi connectivity index (χ3v) is 7.37. The number of hydrogen-bond acceptors (Lipinski definition) is 6. The van der Waals surface area contributed by atoms with Crippen molar-refractivity contribution in [1.29, 1.82) is 0 Å². The zero-order valence-electron chi connectivity index (χ0n) is 16.1. The van der Waals surface area contributed by atoms with Crippen molar-refractivity contribution in [3.8, 4) is 0 Å². The quantitative estimate of drug-likeness (QED) is 0.414. The van der Waals surface area contributed by atoms with E-state index in [-0.39, 0.29) is 16.4 Å². The number of carbonyl (C=O) groups is 1. The van der Waals surface area contributed by atoms with Crippen molar-refractivity contribution in [3.63, 3.8) is 0 Å². The van der Waals surface area contributed by atoms with Gasteiger partial charge in [-0.05, 0) is 36.8 Å². The highest BCUT2D eigenvalue weighted by Crippen LogP contribution is 2.22. The van der Waals surface area contributed by atoms with Crippen LogP contribution in [0.15, 0.2) is 76.2 Å². The Morgan fingerprint density at radius 2 is 1.80 bits per heavy atom. The molecule has 0 saturated carbocycles. The van der Waals surface area contributed by atoms with Crippen LogP contribution in [0.4, 0.5) is 0 Å². The summed E-state index contributed by atoms with van der Waals surface area (Å²) in [5.74, 6) is -0.667. The summed E-state index contributed by atoms with van der Waals surface area (Å²) in [6, 6.07) is 17.7. The van der Waals surface area contributed by atoms with Gasteiger partial charge in [0.25, 0.3) is 5.91 Å². The zero-order valence-corrected chi connectivity index (χ0v) is 17.7. The predicted octanol–water partition coefficient (Wildman–Crippen LogP) is 4.23. The number of fused-ring (bicyclic) bond motifs is 1. The molecule has 0 radical (unpaired) electrons. The molecule has 1 amide bonds. The molecular weight excluding hydrogens is 420 g/mol. The van der Waals surface area contributed by atoms with Gasteiger partial charge in [-0.15, -0.1) is 11.3 Å². The number of aryl methyl sites for hydroxylation is 1. The number of benzene rings is 2. The summed E-state index contributed by atoms with van der Waals surface area (Å²) in [6.07, 6.45) is 2.82. The van der Waals surface area contributed by atoms with Crippen LogP contribution in [0.3, 0.4) is 0 Å². The van der Waals surface area contributed by atoms with Crippen LogP contribution in [0.5, 0.6) is 0 Å². The molecule has 0 spiro atoms. The molecule has 8 heteroatoms. The topological polar surface area (TPSA) is 89.3 Å². The van der Waals surface area contributed by atoms with Crippen LogP contribution in [0, 0.1) is 0 Å². The van der Waals surface area contributed by atoms with Crippen LogP contribution < -0.4 is 5.32 Å². The number of hydrogen-bond donors (Lipinski definition) is 1. The molecule has 30 heavy (non-hydrogen) atoms. The molecule has 4 aromatic rings. The molecule has 0 aliphatic rings. The third kappa shape index (κ3) is 4.60. The lowest BCUT2D eigenvalue weighted by atomic mass is 10.2. The summed E-state index contributed by atoms with van der Waals surface area (Å²) in [6.45, 7) is 0.445. The highest BCUT2D eigenvalue weighted by atomic mass is 32.2. The van der Waals surface area contributed by atoms with Crippen LogP contribution in [0.1, 0.15) is 27.5 Å². The van der Waals surface area contributed by atoms with Gasteiger partial charge >= 0.3 is 0 Å². The predicted molar refractivity (Wildman–Crippen MR) is 116 cm³/mol. The summed E-state index contributed by atoms with van der Waals surface area (Å²) < 4.78 is 31.6. The molecule has 154 valence electrons. The van der Waals surface area contributed by atoms with E-state index < -0.39 is 15.7 Å². The second-order valence-electron chi connectivity index (χ2n) is 6.78. The number of thiazole rings is 1. The molecule has 0 saturated heterocycles. The molecule has 2 heterocycles. The van der Waals surface area contributed by atoms with Crippen LogP contribution in [-0.2, 0) is 22.0 Å². The lowest BCUT2D eigenvalue weighted by Crippen LogP contribution is -2.25. The fourth-order valence-corrected chi connectivity index (χ4v) is 5.50. The molecular formula is C22H20N2O4S2. The largest absolute Gasteiger partial charge is 0.459 e. The molecule has 6 nitrogen and oxygen atoms in total. The van der Waals surface area contributed by atoms with E-state index in [0.29, 0.717) is 12.1 Å². The Morgan fingerprint density at radius 1 is 1.03 bits per heavy atom. The smallest absolute Gasteiger partial charge is 0.287 e. The van der Waals surface area contributed by atoms with E-state index in [2.05, 4.69) is 10.3 Å². The summed E-state index contributed by atoms with van der Waals surface area (Å²) in [7, 11) is -3.56. The van der Waals surface area contributed by atoms with Crippen molar-refractivity contribution in [2.24, 2.45) is 0 Å². The number of rotatable bonds is 8. The maximum absolute atomic E-state index is 12.6. The normalized spacial score (nSPS) is 11.6. The first kappa shape index (κ1) is 20.3. The fourth-order valence-electron chi connectivity index (χ4n) is 3.11. The van der Waals surface area contributed by atoms with Gasteiger partial charge in [0.15, 0.2) is 15.6 Å². The van der Waals surface area contributed by atoms with Crippen LogP contribution >= 0.6 is 11.3 Å². The van der Waals surface area contributed by atoms with Gasteiger partial charge in [-0.2, -0.15) is 0 Å². The lowest BCUT2D eigenvalue weighted by molar-refractivity contribution is 0.0924. The average molecular weight is 441 g/mol. The number of amides is 1. The first-order valence-electron chi connectivity index (χ1n) is 9.50. The third-order valence-electron chi connectivity index (χ3n) is 4.59. The highest BCUT2D eigenvalue weighted by molar-refractivity contribution is 7.90. The Morgan fingerprint density at radius 3 is 2.60 bits per heavy atom. The van der Waals surface area contributed by atoms with E-state index in [1.165, 1.54) is 24.5 Å². The Hall–Kier alpha value is -2.97. The van der Waals surface area contributed by atoms with Crippen molar-refractivity contribution in [1.82, 2.24) is 10.3 Å². The number of nitrogens with zero attached hydrogens (tertiary/aromatic N) is 1. The lowest BCUT2D eigenvalue weighted by Gasteiger charge is -2.06. The molecule has 2 aromatic heterocycles. The second kappa shape index (κ2) is 8.81. The van der Waals surface area contributed by atoms with Gasteiger partial charge in [0.2, 0.25) is 0 Å². The highest BCUT2D eigenvalue weighted by Gasteiger charge is 2.22. The molecule has 1 N–H and O–H groups in total. The van der Waals surface area contributed by atoms with Crippen LogP contribution in [-0.4, -0.2) is 25.9 Å². The van der Waals surface area contributed by atoms with E-state index in [9.17, 15) is 13.2 Å². The van der Waals surface area contributed by atoms with Crippen molar-refractivity contribution < 1.29 is 17.6 Å². The maximum atomic E-state index is 12.6. The van der Waals surface area contributed by atoms with Crippen LogP contribution in [0.25, 0.3) is 10.2 Å². The Kier molecular flexibility index (Phi) is 5.96. The molecule has 0 bridgehead atoms. The number of sulfone groups is 1. The van der Waals surface area contributed by atoms with Gasteiger partial charge in [-0.1, -0.05) is 30.3 Å². The summed E-state index contributed by atoms with van der Waals surface area (Å²) in [5.41, 5.74) is 1.34. The molecule has 4 rings (SSSR count). The first-order valence-corrected chi connectivity index (χ1v) is 12.0. The fraction of sp³-hybridized carbons (Fsp3) is 0.182. The van der Waals surface area contributed by atoms with E-state index in [4.69, 9.17) is 4.42 Å². The van der Waals surface area contributed by atoms with Gasteiger partial charge in [0, 0.05) is 18.5 Å². The SMILES string of the molecule is O=C(NCCCc1nc2ccccc2s1)c1occc1CS(=O)(=O)c1ccccc1. The molecule has 0 aliphatic carbocycles. The van der Waals surface area contributed by atoms with Crippen molar-refractivity contribution in [2.75, 3.05) is 6.54 Å². The standard InChI is InChI=1S/C22H20N2O4S2/c25-22(23-13-6-11-20-24-18-9-4-5-10-19(18)29-20)21-16(12-14-28-21)15-30(26,27)17-7-2-1-3-8-17/h1-5,7-10,12,14H,6,11,13,15H2,(H,23,25). The molecule has 0 aliphatic heterocycles. The molecule has 0 unspecified atom stereocenters. The monoisotopic (exact) mass is 440 g/mol. The average Bonchev–Trinajstić information content (AvgIpc) is 3.37. The van der Waals surface area contributed by atoms with Crippen LogP contribution in [0.2, 0.25) is 0 Å². The van der Waals surface area contributed by atoms with Gasteiger partial charge in [0.05, 0.1) is 32.1 Å². The summed E-state index contributed by atoms with van der Waals surface area (Å²) in [5, 5.41) is 3.83. The maximum Gasteiger partial charge on any atom is 0.287 e. The Balaban J connectivity index is 1.34. The molecule has 0 fully saturated rings. The minimum absolute atomic E-state index is 0.0366. The van der Waals surface area contributed by atoms with Gasteiger partial charge < -0.3 is 9.73 Å². The summed E-state index contributed by atoms with van der Waals surface area (Å²) >= 11 is 1.65. The van der Waals surface area contributed by atoms with Gasteiger partial charge in [-0.25, -0.2) is 13.4 Å². The number of aromatic nitrogens is 1. The number of para-hydroxylation sites is 1. The van der Waals surface area contributed by atoms with Gasteiger partial charge in [0.1, 0.15) is 0 Å². The van der Waals surface area contributed by atoms with E-state index >= 15 is 0 Å². The van der Waals surface area contributed by atoms with Gasteiger partial charge in [-0.3, -0.25) is 4.79 Å². The number of carbonyl (C=O) groups excluding carboxylic acids is 1. The van der Waals surface area contributed by atoms with Crippen molar-refractivity contribution in [3.05, 3.63) is 83.3 Å². The number of nitrogens with one attached hydrogen (secondary N) is 1.